The standard InChI is InChI=1S/C10H17NO2/c11-6-9(7-12)10(13)8-4-2-1-3-5-8/h8-10,12-13H,1-5,7H2. The van der Waals surface area contributed by atoms with Crippen molar-refractivity contribution in [2.45, 2.75) is 38.2 Å². The van der Waals surface area contributed by atoms with Gasteiger partial charge in [-0.25, -0.2) is 0 Å². The van der Waals surface area contributed by atoms with Crippen molar-refractivity contribution in [3.8, 4) is 6.07 Å². The van der Waals surface area contributed by atoms with Crippen molar-refractivity contribution in [3.63, 3.8) is 0 Å². The maximum absolute atomic E-state index is 9.75. The number of rotatable bonds is 3. The summed E-state index contributed by atoms with van der Waals surface area (Å²) >= 11 is 0. The van der Waals surface area contributed by atoms with Gasteiger partial charge in [-0.2, -0.15) is 5.26 Å². The summed E-state index contributed by atoms with van der Waals surface area (Å²) in [5.41, 5.74) is 0. The van der Waals surface area contributed by atoms with Crippen LogP contribution in [0.4, 0.5) is 0 Å². The van der Waals surface area contributed by atoms with E-state index in [4.69, 9.17) is 10.4 Å². The van der Waals surface area contributed by atoms with E-state index in [9.17, 15) is 5.11 Å². The number of nitriles is 1. The second-order valence-corrected chi connectivity index (χ2v) is 3.81. The third-order valence-electron chi connectivity index (χ3n) is 2.91. The average Bonchev–Trinajstić information content (AvgIpc) is 2.21. The van der Waals surface area contributed by atoms with E-state index in [1.807, 2.05) is 6.07 Å². The second-order valence-electron chi connectivity index (χ2n) is 3.81. The molecule has 1 aliphatic rings. The molecule has 0 radical (unpaired) electrons. The molecule has 2 atom stereocenters. The van der Waals surface area contributed by atoms with Gasteiger partial charge in [0.05, 0.1) is 24.7 Å². The van der Waals surface area contributed by atoms with Crippen LogP contribution in [0.5, 0.6) is 0 Å². The smallest absolute Gasteiger partial charge is 0.0955 e. The van der Waals surface area contributed by atoms with Crippen LogP contribution in [-0.2, 0) is 0 Å². The summed E-state index contributed by atoms with van der Waals surface area (Å²) < 4.78 is 0. The van der Waals surface area contributed by atoms with Crippen LogP contribution in [-0.4, -0.2) is 22.9 Å². The summed E-state index contributed by atoms with van der Waals surface area (Å²) in [6, 6.07) is 1.95. The molecular weight excluding hydrogens is 166 g/mol. The molecule has 0 aromatic rings. The van der Waals surface area contributed by atoms with Crippen molar-refractivity contribution in [3.05, 3.63) is 0 Å². The van der Waals surface area contributed by atoms with Crippen molar-refractivity contribution in [2.75, 3.05) is 6.61 Å². The molecule has 0 aliphatic heterocycles. The fourth-order valence-electron chi connectivity index (χ4n) is 2.03. The summed E-state index contributed by atoms with van der Waals surface area (Å²) in [6.07, 6.45) is 4.89. The minimum absolute atomic E-state index is 0.227. The highest BCUT2D eigenvalue weighted by atomic mass is 16.3. The van der Waals surface area contributed by atoms with Crippen LogP contribution in [0.1, 0.15) is 32.1 Å². The minimum atomic E-state index is -0.629. The summed E-state index contributed by atoms with van der Waals surface area (Å²) in [5.74, 6) is -0.367. The summed E-state index contributed by atoms with van der Waals surface area (Å²) in [4.78, 5) is 0. The molecule has 1 saturated carbocycles. The molecule has 74 valence electrons. The lowest BCUT2D eigenvalue weighted by Crippen LogP contribution is -2.31. The zero-order valence-electron chi connectivity index (χ0n) is 7.82. The van der Waals surface area contributed by atoms with Gasteiger partial charge in [0, 0.05) is 0 Å². The lowest BCUT2D eigenvalue weighted by atomic mass is 9.81. The lowest BCUT2D eigenvalue weighted by molar-refractivity contribution is 0.0313. The average molecular weight is 183 g/mol. The minimum Gasteiger partial charge on any atom is -0.395 e. The molecule has 2 N–H and O–H groups in total. The van der Waals surface area contributed by atoms with Crippen molar-refractivity contribution >= 4 is 0 Å². The van der Waals surface area contributed by atoms with Crippen LogP contribution in [0, 0.1) is 23.2 Å². The fraction of sp³-hybridized carbons (Fsp3) is 0.900. The molecule has 3 heteroatoms. The quantitative estimate of drug-likeness (QED) is 0.687. The predicted molar refractivity (Wildman–Crippen MR) is 48.8 cm³/mol. The number of aliphatic hydroxyl groups is 2. The van der Waals surface area contributed by atoms with Crippen LogP contribution < -0.4 is 0 Å². The highest BCUT2D eigenvalue weighted by molar-refractivity contribution is 4.91. The molecule has 1 rings (SSSR count). The molecule has 0 saturated heterocycles. The summed E-state index contributed by atoms with van der Waals surface area (Å²) in [7, 11) is 0. The molecule has 1 fully saturated rings. The molecule has 0 spiro atoms. The van der Waals surface area contributed by atoms with E-state index in [0.717, 1.165) is 25.7 Å². The van der Waals surface area contributed by atoms with E-state index in [-0.39, 0.29) is 12.5 Å². The van der Waals surface area contributed by atoms with E-state index < -0.39 is 12.0 Å². The van der Waals surface area contributed by atoms with Gasteiger partial charge in [-0.15, -0.1) is 0 Å². The monoisotopic (exact) mass is 183 g/mol. The Morgan fingerprint density at radius 2 is 1.92 bits per heavy atom. The third kappa shape index (κ3) is 2.68. The Balaban J connectivity index is 2.44. The van der Waals surface area contributed by atoms with Crippen LogP contribution in [0.15, 0.2) is 0 Å². The first-order chi connectivity index (χ1) is 6.29. The largest absolute Gasteiger partial charge is 0.395 e. The van der Waals surface area contributed by atoms with E-state index in [2.05, 4.69) is 0 Å². The van der Waals surface area contributed by atoms with Gasteiger partial charge in [0.2, 0.25) is 0 Å². The lowest BCUT2D eigenvalue weighted by Gasteiger charge is -2.28. The van der Waals surface area contributed by atoms with Gasteiger partial charge in [0.15, 0.2) is 0 Å². The van der Waals surface area contributed by atoms with Gasteiger partial charge in [0.25, 0.3) is 0 Å². The van der Waals surface area contributed by atoms with Crippen LogP contribution in [0.3, 0.4) is 0 Å². The van der Waals surface area contributed by atoms with E-state index >= 15 is 0 Å². The zero-order chi connectivity index (χ0) is 9.68. The molecule has 0 bridgehead atoms. The van der Waals surface area contributed by atoms with Gasteiger partial charge in [-0.05, 0) is 18.8 Å². The topological polar surface area (TPSA) is 64.2 Å². The molecule has 0 aromatic carbocycles. The van der Waals surface area contributed by atoms with E-state index in [0.29, 0.717) is 0 Å². The third-order valence-corrected chi connectivity index (χ3v) is 2.91. The molecule has 3 nitrogen and oxygen atoms in total. The van der Waals surface area contributed by atoms with Gasteiger partial charge in [0.1, 0.15) is 0 Å². The SMILES string of the molecule is N#CC(CO)C(O)C1CCCCC1. The van der Waals surface area contributed by atoms with Gasteiger partial charge in [-0.1, -0.05) is 19.3 Å². The Hall–Kier alpha value is -0.590. The maximum atomic E-state index is 9.75. The Kier molecular flexibility index (Phi) is 4.20. The Morgan fingerprint density at radius 3 is 2.38 bits per heavy atom. The Morgan fingerprint density at radius 1 is 1.31 bits per heavy atom. The predicted octanol–water partition coefficient (Wildman–Crippen LogP) is 1.06. The van der Waals surface area contributed by atoms with Gasteiger partial charge < -0.3 is 10.2 Å². The van der Waals surface area contributed by atoms with Crippen molar-refractivity contribution < 1.29 is 10.2 Å². The van der Waals surface area contributed by atoms with Crippen LogP contribution in [0.2, 0.25) is 0 Å². The Labute approximate surface area is 79.0 Å². The molecular formula is C10H17NO2. The summed E-state index contributed by atoms with van der Waals surface area (Å²) in [5, 5.41) is 27.3. The normalized spacial score (nSPS) is 23.5. The number of hydrogen-bond donors (Lipinski definition) is 2. The highest BCUT2D eigenvalue weighted by Crippen LogP contribution is 2.29. The number of aliphatic hydroxyl groups excluding tert-OH is 2. The van der Waals surface area contributed by atoms with Crippen molar-refractivity contribution in [1.82, 2.24) is 0 Å². The number of hydrogen-bond acceptors (Lipinski definition) is 3. The van der Waals surface area contributed by atoms with Crippen LogP contribution in [0.25, 0.3) is 0 Å². The first-order valence-corrected chi connectivity index (χ1v) is 4.98. The van der Waals surface area contributed by atoms with Gasteiger partial charge >= 0.3 is 0 Å². The van der Waals surface area contributed by atoms with Crippen LogP contribution >= 0.6 is 0 Å². The second kappa shape index (κ2) is 5.21. The maximum Gasteiger partial charge on any atom is 0.0955 e. The molecule has 0 aromatic heterocycles. The molecule has 2 unspecified atom stereocenters. The van der Waals surface area contributed by atoms with Crippen molar-refractivity contribution in [1.29, 1.82) is 5.26 Å². The molecule has 1 aliphatic carbocycles. The van der Waals surface area contributed by atoms with Gasteiger partial charge in [-0.3, -0.25) is 0 Å². The highest BCUT2D eigenvalue weighted by Gasteiger charge is 2.28. The van der Waals surface area contributed by atoms with Crippen molar-refractivity contribution in [2.24, 2.45) is 11.8 Å². The molecule has 0 heterocycles. The number of nitrogens with zero attached hydrogens (tertiary/aromatic N) is 1. The first kappa shape index (κ1) is 10.5. The fourth-order valence-corrected chi connectivity index (χ4v) is 2.03. The van der Waals surface area contributed by atoms with E-state index in [1.54, 1.807) is 0 Å². The molecule has 13 heavy (non-hydrogen) atoms. The molecule has 0 amide bonds. The Bertz CT molecular complexity index is 182. The zero-order valence-corrected chi connectivity index (χ0v) is 7.82. The first-order valence-electron chi connectivity index (χ1n) is 4.98. The summed E-state index contributed by atoms with van der Waals surface area (Å²) in [6.45, 7) is -0.228. The van der Waals surface area contributed by atoms with E-state index in [1.165, 1.54) is 6.42 Å².